The zero-order valence-corrected chi connectivity index (χ0v) is 10.1. The number of rotatable bonds is 5. The molecule has 0 saturated carbocycles. The Morgan fingerprint density at radius 3 is 2.59 bits per heavy atom. The van der Waals surface area contributed by atoms with E-state index < -0.39 is 12.1 Å². The number of aliphatic hydroxyl groups is 1. The zero-order chi connectivity index (χ0) is 12.8. The van der Waals surface area contributed by atoms with Crippen molar-refractivity contribution in [2.24, 2.45) is 0 Å². The third kappa shape index (κ3) is 2.88. The van der Waals surface area contributed by atoms with Crippen LogP contribution in [0.25, 0.3) is 0 Å². The van der Waals surface area contributed by atoms with Gasteiger partial charge in [-0.05, 0) is 13.0 Å². The van der Waals surface area contributed by atoms with Crippen LogP contribution < -0.4 is 9.47 Å². The minimum absolute atomic E-state index is 0.210. The van der Waals surface area contributed by atoms with Crippen LogP contribution in [0.3, 0.4) is 0 Å². The number of hydrogen-bond donors (Lipinski definition) is 1. The van der Waals surface area contributed by atoms with E-state index in [4.69, 9.17) is 14.2 Å². The molecule has 17 heavy (non-hydrogen) atoms. The zero-order valence-electron chi connectivity index (χ0n) is 10.1. The first-order valence-electron chi connectivity index (χ1n) is 5.21. The van der Waals surface area contributed by atoms with Crippen LogP contribution in [-0.4, -0.2) is 31.9 Å². The molecule has 5 nitrogen and oxygen atoms in total. The largest absolute Gasteiger partial charge is 0.493 e. The van der Waals surface area contributed by atoms with Crippen LogP contribution in [0.4, 0.5) is 0 Å². The predicted molar refractivity (Wildman–Crippen MR) is 61.1 cm³/mol. The molecule has 0 radical (unpaired) electrons. The minimum atomic E-state index is -1.38. The van der Waals surface area contributed by atoms with Gasteiger partial charge in [0.25, 0.3) is 0 Å². The molecule has 1 rings (SSSR count). The van der Waals surface area contributed by atoms with Gasteiger partial charge in [0.1, 0.15) is 0 Å². The molecule has 0 fully saturated rings. The first-order valence-corrected chi connectivity index (χ1v) is 5.21. The van der Waals surface area contributed by atoms with Crippen molar-refractivity contribution < 1.29 is 24.1 Å². The number of para-hydroxylation sites is 1. The van der Waals surface area contributed by atoms with Crippen LogP contribution in [0.2, 0.25) is 0 Å². The SMILES string of the molecule is CCOC(=O)C(O)c1cccc(OC)c1OC. The third-order valence-corrected chi connectivity index (χ3v) is 2.24. The van der Waals surface area contributed by atoms with Crippen LogP contribution >= 0.6 is 0 Å². The Balaban J connectivity index is 3.08. The molecule has 0 amide bonds. The third-order valence-electron chi connectivity index (χ3n) is 2.24. The Kier molecular flexibility index (Phi) is 4.78. The van der Waals surface area contributed by atoms with Crippen molar-refractivity contribution in [3.63, 3.8) is 0 Å². The van der Waals surface area contributed by atoms with Crippen molar-refractivity contribution >= 4 is 5.97 Å². The highest BCUT2D eigenvalue weighted by atomic mass is 16.5. The summed E-state index contributed by atoms with van der Waals surface area (Å²) in [6.45, 7) is 1.88. The molecule has 94 valence electrons. The van der Waals surface area contributed by atoms with E-state index in [1.165, 1.54) is 14.2 Å². The molecule has 1 atom stereocenters. The van der Waals surface area contributed by atoms with Gasteiger partial charge in [-0.25, -0.2) is 4.79 Å². The molecule has 0 aliphatic heterocycles. The Hall–Kier alpha value is -1.75. The summed E-state index contributed by atoms with van der Waals surface area (Å²) in [4.78, 5) is 11.4. The number of aliphatic hydroxyl groups excluding tert-OH is 1. The summed E-state index contributed by atoms with van der Waals surface area (Å²) in [7, 11) is 2.93. The van der Waals surface area contributed by atoms with Crippen molar-refractivity contribution in [3.05, 3.63) is 23.8 Å². The summed E-state index contributed by atoms with van der Waals surface area (Å²) < 4.78 is 14.9. The van der Waals surface area contributed by atoms with E-state index in [2.05, 4.69) is 0 Å². The van der Waals surface area contributed by atoms with Gasteiger partial charge in [-0.3, -0.25) is 0 Å². The molecule has 0 aromatic heterocycles. The van der Waals surface area contributed by atoms with Crippen molar-refractivity contribution in [3.8, 4) is 11.5 Å². The van der Waals surface area contributed by atoms with Crippen LogP contribution in [0, 0.1) is 0 Å². The molecule has 0 spiro atoms. The van der Waals surface area contributed by atoms with E-state index in [1.54, 1.807) is 25.1 Å². The molecule has 0 bridgehead atoms. The second-order valence-corrected chi connectivity index (χ2v) is 3.24. The highest BCUT2D eigenvalue weighted by molar-refractivity contribution is 5.77. The Bertz CT molecular complexity index is 388. The predicted octanol–water partition coefficient (Wildman–Crippen LogP) is 1.30. The van der Waals surface area contributed by atoms with E-state index in [9.17, 15) is 9.90 Å². The monoisotopic (exact) mass is 240 g/mol. The van der Waals surface area contributed by atoms with Crippen LogP contribution in [0.5, 0.6) is 11.5 Å². The van der Waals surface area contributed by atoms with Gasteiger partial charge < -0.3 is 19.3 Å². The highest BCUT2D eigenvalue weighted by Crippen LogP contribution is 2.34. The van der Waals surface area contributed by atoms with E-state index in [0.29, 0.717) is 17.1 Å². The van der Waals surface area contributed by atoms with Gasteiger partial charge in [-0.15, -0.1) is 0 Å². The minimum Gasteiger partial charge on any atom is -0.493 e. The lowest BCUT2D eigenvalue weighted by Gasteiger charge is -2.15. The fourth-order valence-corrected chi connectivity index (χ4v) is 1.48. The highest BCUT2D eigenvalue weighted by Gasteiger charge is 2.24. The maximum Gasteiger partial charge on any atom is 0.339 e. The number of ether oxygens (including phenoxy) is 3. The molecular formula is C12H16O5. The van der Waals surface area contributed by atoms with Gasteiger partial charge in [0, 0.05) is 5.56 Å². The van der Waals surface area contributed by atoms with Crippen molar-refractivity contribution in [2.75, 3.05) is 20.8 Å². The first kappa shape index (κ1) is 13.3. The number of hydrogen-bond acceptors (Lipinski definition) is 5. The molecule has 0 heterocycles. The van der Waals surface area contributed by atoms with Crippen molar-refractivity contribution in [1.82, 2.24) is 0 Å². The standard InChI is InChI=1S/C12H16O5/c1-4-17-12(14)10(13)8-6-5-7-9(15-2)11(8)16-3/h5-7,10,13H,4H2,1-3H3. The molecule has 1 N–H and O–H groups in total. The average molecular weight is 240 g/mol. The van der Waals surface area contributed by atoms with E-state index >= 15 is 0 Å². The fourth-order valence-electron chi connectivity index (χ4n) is 1.48. The number of benzene rings is 1. The quantitative estimate of drug-likeness (QED) is 0.786. The summed E-state index contributed by atoms with van der Waals surface area (Å²) in [5.41, 5.74) is 0.324. The number of carbonyl (C=O) groups is 1. The Morgan fingerprint density at radius 1 is 1.35 bits per heavy atom. The van der Waals surface area contributed by atoms with Crippen LogP contribution in [0.1, 0.15) is 18.6 Å². The van der Waals surface area contributed by atoms with Crippen LogP contribution in [0.15, 0.2) is 18.2 Å². The van der Waals surface area contributed by atoms with E-state index in [1.807, 2.05) is 0 Å². The van der Waals surface area contributed by atoms with Gasteiger partial charge in [-0.2, -0.15) is 0 Å². The summed E-state index contributed by atoms with van der Waals surface area (Å²) in [6.07, 6.45) is -1.38. The number of esters is 1. The van der Waals surface area contributed by atoms with Gasteiger partial charge in [-0.1, -0.05) is 12.1 Å². The molecular weight excluding hydrogens is 224 g/mol. The molecule has 1 aromatic rings. The maximum atomic E-state index is 11.4. The van der Waals surface area contributed by atoms with Crippen molar-refractivity contribution in [1.29, 1.82) is 0 Å². The smallest absolute Gasteiger partial charge is 0.339 e. The summed E-state index contributed by atoms with van der Waals surface area (Å²) in [5, 5.41) is 9.84. The summed E-state index contributed by atoms with van der Waals surface area (Å²) in [6, 6.07) is 4.93. The average Bonchev–Trinajstić information content (AvgIpc) is 2.36. The molecule has 0 aliphatic rings. The van der Waals surface area contributed by atoms with Gasteiger partial charge >= 0.3 is 5.97 Å². The fraction of sp³-hybridized carbons (Fsp3) is 0.417. The second-order valence-electron chi connectivity index (χ2n) is 3.24. The number of carbonyl (C=O) groups excluding carboxylic acids is 1. The van der Waals surface area contributed by atoms with Gasteiger partial charge in [0.05, 0.1) is 20.8 Å². The van der Waals surface area contributed by atoms with E-state index in [0.717, 1.165) is 0 Å². The molecule has 1 aromatic carbocycles. The van der Waals surface area contributed by atoms with Gasteiger partial charge in [0.15, 0.2) is 17.6 Å². The maximum absolute atomic E-state index is 11.4. The lowest BCUT2D eigenvalue weighted by molar-refractivity contribution is -0.153. The van der Waals surface area contributed by atoms with Gasteiger partial charge in [0.2, 0.25) is 0 Å². The normalized spacial score (nSPS) is 11.8. The lowest BCUT2D eigenvalue weighted by atomic mass is 10.1. The second kappa shape index (κ2) is 6.10. The van der Waals surface area contributed by atoms with E-state index in [-0.39, 0.29) is 6.61 Å². The Labute approximate surface area is 99.9 Å². The van der Waals surface area contributed by atoms with Crippen LogP contribution in [-0.2, 0) is 9.53 Å². The summed E-state index contributed by atoms with van der Waals surface area (Å²) >= 11 is 0. The molecule has 5 heteroatoms. The lowest BCUT2D eigenvalue weighted by Crippen LogP contribution is -2.16. The first-order chi connectivity index (χ1) is 8.15. The molecule has 0 saturated heterocycles. The molecule has 1 unspecified atom stereocenters. The topological polar surface area (TPSA) is 65.0 Å². The summed E-state index contributed by atoms with van der Waals surface area (Å²) in [5.74, 6) is 0.0722. The Morgan fingerprint density at radius 2 is 2.06 bits per heavy atom. The van der Waals surface area contributed by atoms with Crippen molar-refractivity contribution in [2.45, 2.75) is 13.0 Å². The number of methoxy groups -OCH3 is 2. The molecule has 0 aliphatic carbocycles.